The minimum absolute atomic E-state index is 0.598. The maximum absolute atomic E-state index is 3.53. The van der Waals surface area contributed by atoms with E-state index in [0.29, 0.717) is 6.04 Å². The SMILES string of the molecule is CC1Cc2c(c3ccccc3n2C)CN1. The van der Waals surface area contributed by atoms with E-state index in [9.17, 15) is 0 Å². The van der Waals surface area contributed by atoms with Gasteiger partial charge < -0.3 is 9.88 Å². The molecular weight excluding hydrogens is 184 g/mol. The number of aromatic nitrogens is 1. The molecule has 0 amide bonds. The van der Waals surface area contributed by atoms with Gasteiger partial charge >= 0.3 is 0 Å². The Labute approximate surface area is 89.9 Å². The van der Waals surface area contributed by atoms with Crippen LogP contribution in [0.15, 0.2) is 24.3 Å². The van der Waals surface area contributed by atoms with Gasteiger partial charge in [0, 0.05) is 42.7 Å². The van der Waals surface area contributed by atoms with Crippen LogP contribution < -0.4 is 5.32 Å². The van der Waals surface area contributed by atoms with Gasteiger partial charge in [-0.1, -0.05) is 18.2 Å². The molecule has 2 aromatic rings. The van der Waals surface area contributed by atoms with Crippen LogP contribution in [0.2, 0.25) is 0 Å². The minimum Gasteiger partial charge on any atom is -0.347 e. The van der Waals surface area contributed by atoms with Gasteiger partial charge in [0.15, 0.2) is 0 Å². The highest BCUT2D eigenvalue weighted by Crippen LogP contribution is 2.28. The van der Waals surface area contributed by atoms with Crippen molar-refractivity contribution in [2.75, 3.05) is 0 Å². The van der Waals surface area contributed by atoms with E-state index in [1.54, 1.807) is 0 Å². The molecule has 1 aliphatic heterocycles. The summed E-state index contributed by atoms with van der Waals surface area (Å²) in [4.78, 5) is 0. The standard InChI is InChI=1S/C13H16N2/c1-9-7-13-11(8-14-9)10-5-3-4-6-12(10)15(13)2/h3-6,9,14H,7-8H2,1-2H3. The second-order valence-electron chi connectivity index (χ2n) is 4.49. The number of benzene rings is 1. The summed E-state index contributed by atoms with van der Waals surface area (Å²) in [6, 6.07) is 9.27. The van der Waals surface area contributed by atoms with Crippen LogP contribution >= 0.6 is 0 Å². The lowest BCUT2D eigenvalue weighted by atomic mass is 10.0. The number of nitrogens with one attached hydrogen (secondary N) is 1. The van der Waals surface area contributed by atoms with E-state index >= 15 is 0 Å². The molecule has 2 heteroatoms. The molecule has 15 heavy (non-hydrogen) atoms. The smallest absolute Gasteiger partial charge is 0.0483 e. The van der Waals surface area contributed by atoms with Crippen LogP contribution in [0.25, 0.3) is 10.9 Å². The van der Waals surface area contributed by atoms with Crippen molar-refractivity contribution < 1.29 is 0 Å². The van der Waals surface area contributed by atoms with Gasteiger partial charge in [-0.15, -0.1) is 0 Å². The average molecular weight is 200 g/mol. The van der Waals surface area contributed by atoms with Gasteiger partial charge in [0.2, 0.25) is 0 Å². The normalized spacial score (nSPS) is 20.5. The van der Waals surface area contributed by atoms with Crippen molar-refractivity contribution in [2.45, 2.75) is 25.9 Å². The molecule has 1 aliphatic rings. The monoisotopic (exact) mass is 200 g/mol. The number of hydrogen-bond donors (Lipinski definition) is 1. The first-order chi connectivity index (χ1) is 7.27. The molecule has 0 fully saturated rings. The zero-order chi connectivity index (χ0) is 10.4. The molecule has 1 N–H and O–H groups in total. The second kappa shape index (κ2) is 3.11. The molecule has 2 heterocycles. The summed E-state index contributed by atoms with van der Waals surface area (Å²) in [6.45, 7) is 3.26. The van der Waals surface area contributed by atoms with Gasteiger partial charge in [0.05, 0.1) is 0 Å². The molecule has 0 aliphatic carbocycles. The van der Waals surface area contributed by atoms with E-state index in [4.69, 9.17) is 0 Å². The van der Waals surface area contributed by atoms with E-state index in [-0.39, 0.29) is 0 Å². The van der Waals surface area contributed by atoms with Gasteiger partial charge in [0.25, 0.3) is 0 Å². The van der Waals surface area contributed by atoms with Gasteiger partial charge in [-0.3, -0.25) is 0 Å². The van der Waals surface area contributed by atoms with Gasteiger partial charge in [-0.05, 0) is 18.6 Å². The Morgan fingerprint density at radius 2 is 2.13 bits per heavy atom. The molecule has 0 bridgehead atoms. The lowest BCUT2D eigenvalue weighted by Gasteiger charge is -2.21. The van der Waals surface area contributed by atoms with Gasteiger partial charge in [0.1, 0.15) is 0 Å². The zero-order valence-corrected chi connectivity index (χ0v) is 9.25. The van der Waals surface area contributed by atoms with E-state index in [1.807, 2.05) is 0 Å². The molecule has 0 radical (unpaired) electrons. The van der Waals surface area contributed by atoms with Crippen molar-refractivity contribution in [3.05, 3.63) is 35.5 Å². The van der Waals surface area contributed by atoms with Crippen molar-refractivity contribution in [3.8, 4) is 0 Å². The van der Waals surface area contributed by atoms with E-state index < -0.39 is 0 Å². The fourth-order valence-electron chi connectivity index (χ4n) is 2.62. The quantitative estimate of drug-likeness (QED) is 0.690. The number of rotatable bonds is 0. The maximum Gasteiger partial charge on any atom is 0.0483 e. The summed E-state index contributed by atoms with van der Waals surface area (Å²) >= 11 is 0. The molecule has 0 spiro atoms. The van der Waals surface area contributed by atoms with Gasteiger partial charge in [-0.25, -0.2) is 0 Å². The van der Waals surface area contributed by atoms with Crippen LogP contribution in [0.5, 0.6) is 0 Å². The Morgan fingerprint density at radius 1 is 1.33 bits per heavy atom. The largest absolute Gasteiger partial charge is 0.347 e. The summed E-state index contributed by atoms with van der Waals surface area (Å²) < 4.78 is 2.35. The first-order valence-corrected chi connectivity index (χ1v) is 5.56. The van der Waals surface area contributed by atoms with Crippen molar-refractivity contribution in [1.82, 2.24) is 9.88 Å². The molecule has 1 unspecified atom stereocenters. The number of para-hydroxylation sites is 1. The number of fused-ring (bicyclic) bond motifs is 3. The van der Waals surface area contributed by atoms with Crippen molar-refractivity contribution >= 4 is 10.9 Å². The Kier molecular flexibility index (Phi) is 1.86. The first kappa shape index (κ1) is 8.98. The molecular formula is C13H16N2. The molecule has 1 atom stereocenters. The van der Waals surface area contributed by atoms with Crippen LogP contribution in [0.1, 0.15) is 18.2 Å². The highest BCUT2D eigenvalue weighted by molar-refractivity contribution is 5.85. The van der Waals surface area contributed by atoms with Gasteiger partial charge in [-0.2, -0.15) is 0 Å². The first-order valence-electron chi connectivity index (χ1n) is 5.56. The Morgan fingerprint density at radius 3 is 3.00 bits per heavy atom. The van der Waals surface area contributed by atoms with Crippen LogP contribution in [0.4, 0.5) is 0 Å². The third kappa shape index (κ3) is 1.21. The summed E-state index contributed by atoms with van der Waals surface area (Å²) in [5.74, 6) is 0. The third-order valence-corrected chi connectivity index (χ3v) is 3.47. The van der Waals surface area contributed by atoms with E-state index in [0.717, 1.165) is 13.0 Å². The summed E-state index contributed by atoms with van der Waals surface area (Å²) in [6.07, 6.45) is 1.14. The lowest BCUT2D eigenvalue weighted by Crippen LogP contribution is -2.33. The Balaban J connectivity index is 2.32. The van der Waals surface area contributed by atoms with E-state index in [2.05, 4.69) is 48.1 Å². The summed E-state index contributed by atoms with van der Waals surface area (Å²) in [7, 11) is 2.18. The van der Waals surface area contributed by atoms with E-state index in [1.165, 1.54) is 22.2 Å². The van der Waals surface area contributed by atoms with Crippen LogP contribution in [-0.2, 0) is 20.0 Å². The highest BCUT2D eigenvalue weighted by atomic mass is 15.0. The molecule has 78 valence electrons. The predicted molar refractivity (Wildman–Crippen MR) is 62.9 cm³/mol. The third-order valence-electron chi connectivity index (χ3n) is 3.47. The Hall–Kier alpha value is -1.28. The predicted octanol–water partition coefficient (Wildman–Crippen LogP) is 2.21. The van der Waals surface area contributed by atoms with Crippen molar-refractivity contribution in [2.24, 2.45) is 7.05 Å². The molecule has 2 nitrogen and oxygen atoms in total. The van der Waals surface area contributed by atoms with Crippen LogP contribution in [0, 0.1) is 0 Å². The number of hydrogen-bond acceptors (Lipinski definition) is 1. The maximum atomic E-state index is 3.53. The molecule has 1 aromatic carbocycles. The number of aryl methyl sites for hydroxylation is 1. The summed E-state index contributed by atoms with van der Waals surface area (Å²) in [5, 5.41) is 4.94. The van der Waals surface area contributed by atoms with Crippen LogP contribution in [-0.4, -0.2) is 10.6 Å². The number of nitrogens with zero attached hydrogens (tertiary/aromatic N) is 1. The summed E-state index contributed by atoms with van der Waals surface area (Å²) in [5.41, 5.74) is 4.35. The van der Waals surface area contributed by atoms with Crippen molar-refractivity contribution in [3.63, 3.8) is 0 Å². The van der Waals surface area contributed by atoms with Crippen molar-refractivity contribution in [1.29, 1.82) is 0 Å². The topological polar surface area (TPSA) is 17.0 Å². The molecule has 1 aromatic heterocycles. The zero-order valence-electron chi connectivity index (χ0n) is 9.25. The fourth-order valence-corrected chi connectivity index (χ4v) is 2.62. The molecule has 3 rings (SSSR count). The highest BCUT2D eigenvalue weighted by Gasteiger charge is 2.20. The minimum atomic E-state index is 0.598. The molecule has 0 saturated carbocycles. The second-order valence-corrected chi connectivity index (χ2v) is 4.49. The Bertz CT molecular complexity index is 510. The average Bonchev–Trinajstić information content (AvgIpc) is 2.54. The van der Waals surface area contributed by atoms with Crippen LogP contribution in [0.3, 0.4) is 0 Å². The fraction of sp³-hybridized carbons (Fsp3) is 0.385. The lowest BCUT2D eigenvalue weighted by molar-refractivity contribution is 0.501. The molecule has 0 saturated heterocycles.